The lowest BCUT2D eigenvalue weighted by molar-refractivity contribution is -0.385. The van der Waals surface area contributed by atoms with Crippen molar-refractivity contribution in [2.24, 2.45) is 5.73 Å². The molecule has 0 saturated carbocycles. The second kappa shape index (κ2) is 6.61. The molecule has 0 bridgehead atoms. The maximum Gasteiger partial charge on any atom is 0.403 e. The fourth-order valence-electron chi connectivity index (χ4n) is 1.76. The van der Waals surface area contributed by atoms with Gasteiger partial charge in [0.15, 0.2) is 11.5 Å². The number of nitrogens with zero attached hydrogens (tertiary/aromatic N) is 1. The molecular formula is C12H15F3N2O4. The van der Waals surface area contributed by atoms with Crippen molar-refractivity contribution in [1.29, 1.82) is 0 Å². The molecule has 0 aromatic heterocycles. The van der Waals surface area contributed by atoms with Gasteiger partial charge in [-0.05, 0) is 18.9 Å². The zero-order valence-corrected chi connectivity index (χ0v) is 11.4. The zero-order chi connectivity index (χ0) is 16.2. The lowest BCUT2D eigenvalue weighted by Crippen LogP contribution is -2.37. The molecule has 1 rings (SSSR count). The minimum atomic E-state index is -4.54. The van der Waals surface area contributed by atoms with Crippen LogP contribution in [0.2, 0.25) is 0 Å². The number of nitro benzene ring substituents is 1. The molecule has 0 amide bonds. The van der Waals surface area contributed by atoms with Crippen LogP contribution < -0.4 is 15.2 Å². The first-order chi connectivity index (χ1) is 9.70. The van der Waals surface area contributed by atoms with E-state index in [9.17, 15) is 23.3 Å². The second-order valence-corrected chi connectivity index (χ2v) is 4.28. The van der Waals surface area contributed by atoms with Crippen molar-refractivity contribution in [3.63, 3.8) is 0 Å². The topological polar surface area (TPSA) is 87.6 Å². The Morgan fingerprint density at radius 3 is 2.24 bits per heavy atom. The van der Waals surface area contributed by atoms with Crippen LogP contribution in [0.3, 0.4) is 0 Å². The second-order valence-electron chi connectivity index (χ2n) is 4.28. The first-order valence-electron chi connectivity index (χ1n) is 5.92. The predicted molar refractivity (Wildman–Crippen MR) is 68.6 cm³/mol. The molecule has 2 N–H and O–H groups in total. The number of methoxy groups -OCH3 is 2. The van der Waals surface area contributed by atoms with Crippen LogP contribution in [0.1, 0.15) is 12.0 Å². The number of rotatable bonds is 6. The molecule has 0 fully saturated rings. The van der Waals surface area contributed by atoms with Crippen molar-refractivity contribution in [2.45, 2.75) is 25.1 Å². The number of halogens is 3. The Labute approximate surface area is 118 Å². The first kappa shape index (κ1) is 17.0. The molecule has 0 aliphatic carbocycles. The van der Waals surface area contributed by atoms with E-state index < -0.39 is 23.6 Å². The molecule has 0 aliphatic rings. The van der Waals surface area contributed by atoms with Gasteiger partial charge in [0.2, 0.25) is 0 Å². The summed E-state index contributed by atoms with van der Waals surface area (Å²) in [7, 11) is 2.63. The molecule has 0 aliphatic heterocycles. The van der Waals surface area contributed by atoms with E-state index in [-0.39, 0.29) is 29.2 Å². The minimum Gasteiger partial charge on any atom is -0.493 e. The summed E-state index contributed by atoms with van der Waals surface area (Å²) in [5, 5.41) is 11.0. The summed E-state index contributed by atoms with van der Waals surface area (Å²) in [4.78, 5) is 10.3. The normalized spacial score (nSPS) is 12.9. The molecule has 0 radical (unpaired) electrons. The van der Waals surface area contributed by atoms with E-state index in [4.69, 9.17) is 15.2 Å². The SMILES string of the molecule is COc1cc(CCC(N)C(F)(F)F)c([N+](=O)[O-])cc1OC. The van der Waals surface area contributed by atoms with Crippen molar-refractivity contribution in [3.05, 3.63) is 27.8 Å². The van der Waals surface area contributed by atoms with E-state index in [1.165, 1.54) is 20.3 Å². The molecule has 1 aromatic rings. The Morgan fingerprint density at radius 1 is 1.29 bits per heavy atom. The van der Waals surface area contributed by atoms with E-state index in [1.807, 2.05) is 0 Å². The summed E-state index contributed by atoms with van der Waals surface area (Å²) in [5.74, 6) is 0.340. The first-order valence-corrected chi connectivity index (χ1v) is 5.92. The third-order valence-electron chi connectivity index (χ3n) is 2.93. The number of benzene rings is 1. The molecule has 0 spiro atoms. The van der Waals surface area contributed by atoms with Crippen molar-refractivity contribution in [3.8, 4) is 11.5 Å². The van der Waals surface area contributed by atoms with Gasteiger partial charge in [0.05, 0.1) is 25.2 Å². The predicted octanol–water partition coefficient (Wildman–Crippen LogP) is 2.43. The fourth-order valence-corrected chi connectivity index (χ4v) is 1.76. The minimum absolute atomic E-state index is 0.109. The average Bonchev–Trinajstić information content (AvgIpc) is 2.42. The van der Waals surface area contributed by atoms with Crippen LogP contribution in [0.15, 0.2) is 12.1 Å². The van der Waals surface area contributed by atoms with Gasteiger partial charge in [-0.15, -0.1) is 0 Å². The average molecular weight is 308 g/mol. The largest absolute Gasteiger partial charge is 0.493 e. The van der Waals surface area contributed by atoms with Crippen molar-refractivity contribution < 1.29 is 27.6 Å². The fraction of sp³-hybridized carbons (Fsp3) is 0.500. The summed E-state index contributed by atoms with van der Waals surface area (Å²) >= 11 is 0. The van der Waals surface area contributed by atoms with Gasteiger partial charge in [-0.1, -0.05) is 0 Å². The van der Waals surface area contributed by atoms with Crippen LogP contribution in [-0.4, -0.2) is 31.4 Å². The molecule has 6 nitrogen and oxygen atoms in total. The van der Waals surface area contributed by atoms with Gasteiger partial charge in [0, 0.05) is 5.56 Å². The maximum atomic E-state index is 12.4. The molecular weight excluding hydrogens is 293 g/mol. The summed E-state index contributed by atoms with van der Waals surface area (Å²) in [6, 6.07) is 0.373. The Hall–Kier alpha value is -2.03. The van der Waals surface area contributed by atoms with Gasteiger partial charge < -0.3 is 15.2 Å². The van der Waals surface area contributed by atoms with E-state index >= 15 is 0 Å². The van der Waals surface area contributed by atoms with Gasteiger partial charge in [0.25, 0.3) is 5.69 Å². The van der Waals surface area contributed by atoms with Crippen molar-refractivity contribution >= 4 is 5.69 Å². The number of nitrogens with two attached hydrogens (primary N) is 1. The molecule has 1 aromatic carbocycles. The van der Waals surface area contributed by atoms with Crippen LogP contribution in [0.4, 0.5) is 18.9 Å². The van der Waals surface area contributed by atoms with Crippen molar-refractivity contribution in [2.75, 3.05) is 14.2 Å². The molecule has 0 heterocycles. The number of alkyl halides is 3. The summed E-state index contributed by atoms with van der Waals surface area (Å²) < 4.78 is 47.0. The molecule has 1 atom stereocenters. The standard InChI is InChI=1S/C12H15F3N2O4/c1-20-9-5-7(3-4-11(16)12(13,14)15)8(17(18)19)6-10(9)21-2/h5-6,11H,3-4,16H2,1-2H3. The number of aryl methyl sites for hydroxylation is 1. The third kappa shape index (κ3) is 4.22. The Bertz CT molecular complexity index is 520. The summed E-state index contributed by atoms with van der Waals surface area (Å²) in [5.41, 5.74) is 4.78. The smallest absolute Gasteiger partial charge is 0.403 e. The zero-order valence-electron chi connectivity index (χ0n) is 11.4. The molecule has 1 unspecified atom stereocenters. The summed E-state index contributed by atoms with van der Waals surface area (Å²) in [6.45, 7) is 0. The number of hydrogen-bond donors (Lipinski definition) is 1. The quantitative estimate of drug-likeness (QED) is 0.644. The van der Waals surface area contributed by atoms with Gasteiger partial charge >= 0.3 is 6.18 Å². The van der Waals surface area contributed by atoms with Crippen LogP contribution in [0.5, 0.6) is 11.5 Å². The number of ether oxygens (including phenoxy) is 2. The van der Waals surface area contributed by atoms with Gasteiger partial charge in [-0.2, -0.15) is 13.2 Å². The molecule has 9 heteroatoms. The molecule has 0 saturated heterocycles. The highest BCUT2D eigenvalue weighted by atomic mass is 19.4. The Kier molecular flexibility index (Phi) is 5.36. The lowest BCUT2D eigenvalue weighted by Gasteiger charge is -2.16. The highest BCUT2D eigenvalue weighted by molar-refractivity contribution is 5.54. The van der Waals surface area contributed by atoms with Crippen LogP contribution in [0, 0.1) is 10.1 Å². The van der Waals surface area contributed by atoms with Gasteiger partial charge in [-0.3, -0.25) is 10.1 Å². The number of nitro groups is 1. The van der Waals surface area contributed by atoms with Crippen LogP contribution >= 0.6 is 0 Å². The van der Waals surface area contributed by atoms with E-state index in [0.29, 0.717) is 0 Å². The highest BCUT2D eigenvalue weighted by Crippen LogP contribution is 2.35. The highest BCUT2D eigenvalue weighted by Gasteiger charge is 2.36. The lowest BCUT2D eigenvalue weighted by atomic mass is 10.0. The van der Waals surface area contributed by atoms with Gasteiger partial charge in [-0.25, -0.2) is 0 Å². The van der Waals surface area contributed by atoms with Crippen LogP contribution in [0.25, 0.3) is 0 Å². The van der Waals surface area contributed by atoms with E-state index in [0.717, 1.165) is 6.07 Å². The van der Waals surface area contributed by atoms with Crippen molar-refractivity contribution in [1.82, 2.24) is 0 Å². The Balaban J connectivity index is 3.07. The van der Waals surface area contributed by atoms with E-state index in [2.05, 4.69) is 0 Å². The van der Waals surface area contributed by atoms with Crippen LogP contribution in [-0.2, 0) is 6.42 Å². The number of hydrogen-bond acceptors (Lipinski definition) is 5. The third-order valence-corrected chi connectivity index (χ3v) is 2.93. The van der Waals surface area contributed by atoms with E-state index in [1.54, 1.807) is 0 Å². The molecule has 118 valence electrons. The van der Waals surface area contributed by atoms with Gasteiger partial charge in [0.1, 0.15) is 6.04 Å². The summed E-state index contributed by atoms with van der Waals surface area (Å²) in [6.07, 6.45) is -5.19. The molecule has 21 heavy (non-hydrogen) atoms. The monoisotopic (exact) mass is 308 g/mol. The maximum absolute atomic E-state index is 12.4. The Morgan fingerprint density at radius 2 is 1.81 bits per heavy atom.